The zero-order valence-corrected chi connectivity index (χ0v) is 27.4. The Kier molecular flexibility index (Phi) is 11.4. The first-order valence-electron chi connectivity index (χ1n) is 16.4. The first-order chi connectivity index (χ1) is 23.2. The topological polar surface area (TPSA) is 150 Å². The summed E-state index contributed by atoms with van der Waals surface area (Å²) in [6.07, 6.45) is 2.60. The van der Waals surface area contributed by atoms with Crippen LogP contribution in [0.4, 0.5) is 10.5 Å². The van der Waals surface area contributed by atoms with Gasteiger partial charge in [-0.15, -0.1) is 0 Å². The van der Waals surface area contributed by atoms with E-state index < -0.39 is 11.9 Å². The number of hydrogen-bond donors (Lipinski definition) is 2. The molecule has 2 saturated heterocycles. The highest BCUT2D eigenvalue weighted by Crippen LogP contribution is 2.27. The number of likely N-dealkylation sites (tertiary alicyclic amines) is 1. The average Bonchev–Trinajstić information content (AvgIpc) is 3.60. The average molecular weight is 659 g/mol. The van der Waals surface area contributed by atoms with E-state index in [-0.39, 0.29) is 48.4 Å². The molecule has 1 aromatic heterocycles. The first-order valence-corrected chi connectivity index (χ1v) is 16.4. The van der Waals surface area contributed by atoms with Crippen molar-refractivity contribution in [1.82, 2.24) is 25.0 Å². The van der Waals surface area contributed by atoms with E-state index >= 15 is 0 Å². The molecule has 0 radical (unpaired) electrons. The fourth-order valence-electron chi connectivity index (χ4n) is 5.74. The molecule has 0 bridgehead atoms. The predicted octanol–water partition coefficient (Wildman–Crippen LogP) is 3.36. The molecule has 1 unspecified atom stereocenters. The van der Waals surface area contributed by atoms with E-state index in [1.807, 2.05) is 50.2 Å². The molecule has 13 heteroatoms. The Hall–Kier alpha value is -5.20. The summed E-state index contributed by atoms with van der Waals surface area (Å²) in [7, 11) is 0. The van der Waals surface area contributed by atoms with Crippen LogP contribution in [-0.2, 0) is 19.1 Å². The van der Waals surface area contributed by atoms with Crippen LogP contribution in [0, 0.1) is 6.92 Å². The van der Waals surface area contributed by atoms with Crippen LogP contribution in [0.25, 0.3) is 10.9 Å². The third kappa shape index (κ3) is 8.58. The van der Waals surface area contributed by atoms with Crippen molar-refractivity contribution >= 4 is 46.3 Å². The zero-order chi connectivity index (χ0) is 34.0. The lowest BCUT2D eigenvalue weighted by Crippen LogP contribution is -2.52. The lowest BCUT2D eigenvalue weighted by Gasteiger charge is -2.34. The number of anilines is 1. The number of carbonyl (C=O) groups excluding carboxylic acids is 5. The standard InChI is InChI=1S/C35H42N6O7/c1-3-4-19-47-35(46)40-17-15-39(16-18-40)31(42)22-36-33(44)28-21-30(26-13-12-24(2)20-27(26)38-28)48-23-32(43)41-14-8-11-29(41)34(45)37-25-9-6-5-7-10-25/h5-7,9-10,12-13,20-21,29H,3-4,8,11,14-19,22-23H2,1-2H3,(H,36,44)(H,37,45). The maximum absolute atomic E-state index is 13.3. The highest BCUT2D eigenvalue weighted by atomic mass is 16.6. The lowest BCUT2D eigenvalue weighted by atomic mass is 10.1. The number of aryl methyl sites for hydroxylation is 1. The SMILES string of the molecule is CCCCOC(=O)N1CCN(C(=O)CNC(=O)c2cc(OCC(=O)N3CCCC3C(=O)Nc3ccccc3)c3ccc(C)cc3n2)CC1. The number of hydrogen-bond acceptors (Lipinski definition) is 8. The van der Waals surface area contributed by atoms with Crippen LogP contribution in [0.15, 0.2) is 54.6 Å². The van der Waals surface area contributed by atoms with E-state index in [1.54, 1.807) is 21.9 Å². The van der Waals surface area contributed by atoms with E-state index in [1.165, 1.54) is 11.0 Å². The number of pyridine rings is 1. The number of nitrogens with one attached hydrogen (secondary N) is 2. The van der Waals surface area contributed by atoms with Gasteiger partial charge in [0.05, 0.1) is 18.7 Å². The number of unbranched alkanes of at least 4 members (excludes halogenated alkanes) is 1. The van der Waals surface area contributed by atoms with E-state index in [9.17, 15) is 24.0 Å². The quantitative estimate of drug-likeness (QED) is 0.298. The predicted molar refractivity (Wildman–Crippen MR) is 179 cm³/mol. The van der Waals surface area contributed by atoms with Gasteiger partial charge in [-0.1, -0.05) is 37.6 Å². The van der Waals surface area contributed by atoms with E-state index in [2.05, 4.69) is 15.6 Å². The van der Waals surface area contributed by atoms with E-state index in [0.29, 0.717) is 68.8 Å². The third-order valence-corrected chi connectivity index (χ3v) is 8.44. The fraction of sp³-hybridized carbons (Fsp3) is 0.429. The molecule has 1 atom stereocenters. The second-order valence-corrected chi connectivity index (χ2v) is 11.9. The van der Waals surface area contributed by atoms with Gasteiger partial charge in [0.25, 0.3) is 11.8 Å². The highest BCUT2D eigenvalue weighted by molar-refractivity contribution is 5.99. The van der Waals surface area contributed by atoms with Crippen molar-refractivity contribution < 1.29 is 33.4 Å². The largest absolute Gasteiger partial charge is 0.483 e. The molecule has 0 spiro atoms. The van der Waals surface area contributed by atoms with Crippen LogP contribution in [-0.4, -0.2) is 108 Å². The fourth-order valence-corrected chi connectivity index (χ4v) is 5.74. The molecule has 254 valence electrons. The van der Waals surface area contributed by atoms with E-state index in [4.69, 9.17) is 9.47 Å². The van der Waals surface area contributed by atoms with Gasteiger partial charge in [0.1, 0.15) is 17.5 Å². The number of ether oxygens (including phenoxy) is 2. The normalized spacial score (nSPS) is 16.0. The number of nitrogens with zero attached hydrogens (tertiary/aromatic N) is 4. The van der Waals surface area contributed by atoms with Crippen molar-refractivity contribution in [2.75, 3.05) is 57.8 Å². The van der Waals surface area contributed by atoms with Crippen molar-refractivity contribution in [3.8, 4) is 5.75 Å². The summed E-state index contributed by atoms with van der Waals surface area (Å²) < 4.78 is 11.2. The van der Waals surface area contributed by atoms with Crippen LogP contribution >= 0.6 is 0 Å². The summed E-state index contributed by atoms with van der Waals surface area (Å²) >= 11 is 0. The van der Waals surface area contributed by atoms with Crippen LogP contribution < -0.4 is 15.4 Å². The number of benzene rings is 2. The minimum Gasteiger partial charge on any atom is -0.483 e. The molecule has 5 amide bonds. The van der Waals surface area contributed by atoms with Crippen molar-refractivity contribution in [3.05, 3.63) is 65.9 Å². The molecule has 2 aliphatic heterocycles. The van der Waals surface area contributed by atoms with Crippen LogP contribution in [0.2, 0.25) is 0 Å². The zero-order valence-electron chi connectivity index (χ0n) is 27.4. The third-order valence-electron chi connectivity index (χ3n) is 8.44. The Morgan fingerprint density at radius 2 is 1.67 bits per heavy atom. The number of fused-ring (bicyclic) bond motifs is 1. The Labute approximate surface area is 279 Å². The van der Waals surface area contributed by atoms with E-state index in [0.717, 1.165) is 18.4 Å². The number of carbonyl (C=O) groups is 5. The van der Waals surface area contributed by atoms with Gasteiger partial charge in [-0.2, -0.15) is 0 Å². The number of piperazine rings is 1. The summed E-state index contributed by atoms with van der Waals surface area (Å²) in [5, 5.41) is 6.14. The Balaban J connectivity index is 1.19. The van der Waals surface area contributed by atoms with Gasteiger partial charge in [-0.05, 0) is 56.0 Å². The maximum atomic E-state index is 13.3. The number of aromatic nitrogens is 1. The van der Waals surface area contributed by atoms with Crippen molar-refractivity contribution in [3.63, 3.8) is 0 Å². The van der Waals surface area contributed by atoms with Gasteiger partial charge in [0.15, 0.2) is 6.61 Å². The number of rotatable bonds is 11. The second kappa shape index (κ2) is 16.1. The van der Waals surface area contributed by atoms with Gasteiger partial charge in [0.2, 0.25) is 11.8 Å². The molecule has 2 fully saturated rings. The van der Waals surface area contributed by atoms with Gasteiger partial charge >= 0.3 is 6.09 Å². The first kappa shape index (κ1) is 34.1. The number of para-hydroxylation sites is 1. The lowest BCUT2D eigenvalue weighted by molar-refractivity contribution is -0.138. The molecule has 0 aliphatic carbocycles. The minimum atomic E-state index is -0.611. The summed E-state index contributed by atoms with van der Waals surface area (Å²) in [5.41, 5.74) is 2.11. The molecule has 2 aromatic carbocycles. The van der Waals surface area contributed by atoms with Gasteiger partial charge in [-0.25, -0.2) is 9.78 Å². The molecule has 3 heterocycles. The second-order valence-electron chi connectivity index (χ2n) is 11.9. The Morgan fingerprint density at radius 1 is 0.917 bits per heavy atom. The van der Waals surface area contributed by atoms with Crippen molar-refractivity contribution in [2.24, 2.45) is 0 Å². The molecule has 5 rings (SSSR count). The van der Waals surface area contributed by atoms with Crippen LogP contribution in [0.5, 0.6) is 5.75 Å². The van der Waals surface area contributed by atoms with Gasteiger partial charge in [-0.3, -0.25) is 19.2 Å². The monoisotopic (exact) mass is 658 g/mol. The molecule has 3 aromatic rings. The molecule has 2 N–H and O–H groups in total. The number of amides is 5. The molecule has 0 saturated carbocycles. The minimum absolute atomic E-state index is 0.0317. The Morgan fingerprint density at radius 3 is 2.42 bits per heavy atom. The molecular formula is C35H42N6O7. The summed E-state index contributed by atoms with van der Waals surface area (Å²) in [6, 6.07) is 15.4. The smallest absolute Gasteiger partial charge is 0.409 e. The summed E-state index contributed by atoms with van der Waals surface area (Å²) in [5.74, 6) is -1.16. The highest BCUT2D eigenvalue weighted by Gasteiger charge is 2.34. The molecule has 13 nitrogen and oxygen atoms in total. The molecule has 2 aliphatic rings. The van der Waals surface area contributed by atoms with Crippen molar-refractivity contribution in [1.29, 1.82) is 0 Å². The molecule has 48 heavy (non-hydrogen) atoms. The van der Waals surface area contributed by atoms with Crippen molar-refractivity contribution in [2.45, 2.75) is 45.6 Å². The maximum Gasteiger partial charge on any atom is 0.409 e. The Bertz CT molecular complexity index is 1640. The van der Waals surface area contributed by atoms with Crippen LogP contribution in [0.1, 0.15) is 48.7 Å². The van der Waals surface area contributed by atoms with Crippen LogP contribution in [0.3, 0.4) is 0 Å². The summed E-state index contributed by atoms with van der Waals surface area (Å²) in [6.45, 7) is 5.52. The van der Waals surface area contributed by atoms with Gasteiger partial charge < -0.3 is 34.8 Å². The summed E-state index contributed by atoms with van der Waals surface area (Å²) in [4.78, 5) is 73.8. The van der Waals surface area contributed by atoms with Gasteiger partial charge in [0, 0.05) is 49.9 Å². The molecular weight excluding hydrogens is 616 g/mol.